The third-order valence-electron chi connectivity index (χ3n) is 4.14. The minimum atomic E-state index is -0.668. The number of nitrogens with two attached hydrogens (primary N) is 1. The predicted molar refractivity (Wildman–Crippen MR) is 104 cm³/mol. The first-order valence-electron chi connectivity index (χ1n) is 8.51. The van der Waals surface area contributed by atoms with Crippen LogP contribution in [0.2, 0.25) is 0 Å². The maximum atomic E-state index is 11.8. The van der Waals surface area contributed by atoms with E-state index in [1.807, 2.05) is 13.0 Å². The molecule has 1 fully saturated rings. The predicted octanol–water partition coefficient (Wildman–Crippen LogP) is 1.67. The van der Waals surface area contributed by atoms with Crippen LogP contribution in [-0.4, -0.2) is 50.2 Å². The number of nitrogens with zero attached hydrogens (tertiary/aromatic N) is 4. The van der Waals surface area contributed by atoms with E-state index in [9.17, 15) is 9.59 Å². The summed E-state index contributed by atoms with van der Waals surface area (Å²) in [5.74, 6) is 0.0189. The van der Waals surface area contributed by atoms with Gasteiger partial charge in [0.25, 0.3) is 5.91 Å². The smallest absolute Gasteiger partial charge is 0.271 e. The molecule has 0 bridgehead atoms. The highest BCUT2D eigenvalue weighted by atomic mass is 32.1. The summed E-state index contributed by atoms with van der Waals surface area (Å²) < 4.78 is 4.19. The van der Waals surface area contributed by atoms with E-state index in [-0.39, 0.29) is 23.5 Å². The zero-order valence-corrected chi connectivity index (χ0v) is 15.8. The lowest BCUT2D eigenvalue weighted by Crippen LogP contribution is -2.44. The summed E-state index contributed by atoms with van der Waals surface area (Å²) >= 11 is 1.26. The molecule has 1 atom stereocenters. The van der Waals surface area contributed by atoms with Gasteiger partial charge in [0.2, 0.25) is 5.91 Å². The molecule has 4 N–H and O–H groups in total. The van der Waals surface area contributed by atoms with Gasteiger partial charge in [0, 0.05) is 19.1 Å². The Balaban J connectivity index is 1.77. The lowest BCUT2D eigenvalue weighted by atomic mass is 10.1. The first kappa shape index (κ1) is 18.8. The normalized spacial score (nSPS) is 16.6. The zero-order valence-electron chi connectivity index (χ0n) is 14.9. The molecule has 27 heavy (non-hydrogen) atoms. The summed E-state index contributed by atoms with van der Waals surface area (Å²) in [5, 5.41) is 7.07. The number of amides is 2. The Morgan fingerprint density at radius 1 is 1.48 bits per heavy atom. The Morgan fingerprint density at radius 3 is 2.96 bits per heavy atom. The van der Waals surface area contributed by atoms with Gasteiger partial charge in [-0.1, -0.05) is 6.58 Å². The zero-order chi connectivity index (χ0) is 19.4. The Labute approximate surface area is 160 Å². The van der Waals surface area contributed by atoms with Crippen molar-refractivity contribution >= 4 is 40.0 Å². The fourth-order valence-electron chi connectivity index (χ4n) is 2.90. The number of hydrogen-bond donors (Lipinski definition) is 3. The number of anilines is 3. The van der Waals surface area contributed by atoms with Crippen molar-refractivity contribution in [3.63, 3.8) is 0 Å². The van der Waals surface area contributed by atoms with E-state index in [4.69, 9.17) is 5.73 Å². The van der Waals surface area contributed by atoms with E-state index in [2.05, 4.69) is 31.6 Å². The number of nitrogens with one attached hydrogen (secondary N) is 2. The van der Waals surface area contributed by atoms with Crippen LogP contribution in [0.4, 0.5) is 16.6 Å². The van der Waals surface area contributed by atoms with Crippen LogP contribution in [0.15, 0.2) is 24.9 Å². The van der Waals surface area contributed by atoms with Crippen molar-refractivity contribution in [2.75, 3.05) is 23.7 Å². The number of rotatable bonds is 6. The maximum absolute atomic E-state index is 11.8. The lowest BCUT2D eigenvalue weighted by Gasteiger charge is -2.32. The van der Waals surface area contributed by atoms with Gasteiger partial charge in [-0.25, -0.2) is 9.97 Å². The number of carbonyl (C=O) groups excluding carboxylic acids is 2. The van der Waals surface area contributed by atoms with Gasteiger partial charge in [-0.2, -0.15) is 4.37 Å². The van der Waals surface area contributed by atoms with Crippen molar-refractivity contribution in [3.05, 3.63) is 36.3 Å². The van der Waals surface area contributed by atoms with E-state index >= 15 is 0 Å². The van der Waals surface area contributed by atoms with Crippen LogP contribution in [0, 0.1) is 6.92 Å². The average molecular weight is 387 g/mol. The monoisotopic (exact) mass is 387 g/mol. The molecule has 10 heteroatoms. The van der Waals surface area contributed by atoms with Crippen molar-refractivity contribution in [2.45, 2.75) is 25.8 Å². The average Bonchev–Trinajstić information content (AvgIpc) is 3.06. The molecule has 0 saturated carbocycles. The van der Waals surface area contributed by atoms with Gasteiger partial charge in [0.15, 0.2) is 11.5 Å². The minimum absolute atomic E-state index is 0.0369. The largest absolute Gasteiger partial charge is 0.364 e. The third kappa shape index (κ3) is 4.59. The van der Waals surface area contributed by atoms with E-state index in [0.29, 0.717) is 18.9 Å². The second kappa shape index (κ2) is 8.12. The molecule has 3 rings (SSSR count). The number of aromatic nitrogens is 3. The highest BCUT2D eigenvalue weighted by molar-refractivity contribution is 7.10. The summed E-state index contributed by atoms with van der Waals surface area (Å²) in [6.45, 7) is 6.68. The first-order valence-corrected chi connectivity index (χ1v) is 9.28. The first-order chi connectivity index (χ1) is 13.0. The molecule has 1 aliphatic rings. The topological polar surface area (TPSA) is 126 Å². The molecule has 0 unspecified atom stereocenters. The number of aryl methyl sites for hydroxylation is 1. The van der Waals surface area contributed by atoms with Crippen molar-refractivity contribution < 1.29 is 9.59 Å². The van der Waals surface area contributed by atoms with Gasteiger partial charge >= 0.3 is 0 Å². The molecule has 2 aromatic heterocycles. The standard InChI is InChI=1S/C17H21N7O2S/c1-3-14(25)24-6-4-5-11(9-24)20-12-8-19-15(16(18)26)17(21-12)22-13-7-10(2)23-27-13/h3,7-8,11H,1,4-6,9H2,2H3,(H2,18,26)(H2,20,21,22)/t11-/m1/s1. The quantitative estimate of drug-likeness (QED) is 0.644. The lowest BCUT2D eigenvalue weighted by molar-refractivity contribution is -0.127. The summed E-state index contributed by atoms with van der Waals surface area (Å²) in [6, 6.07) is 1.88. The molecule has 0 spiro atoms. The van der Waals surface area contributed by atoms with Gasteiger partial charge in [-0.3, -0.25) is 9.59 Å². The Bertz CT molecular complexity index is 867. The fourth-order valence-corrected chi connectivity index (χ4v) is 3.56. The Morgan fingerprint density at radius 2 is 2.30 bits per heavy atom. The molecule has 2 aromatic rings. The van der Waals surface area contributed by atoms with Crippen LogP contribution in [0.5, 0.6) is 0 Å². The SMILES string of the molecule is C=CC(=O)N1CCC[C@@H](Nc2cnc(C(N)=O)c(Nc3cc(C)ns3)n2)C1. The highest BCUT2D eigenvalue weighted by Crippen LogP contribution is 2.24. The van der Waals surface area contributed by atoms with Gasteiger partial charge in [-0.05, 0) is 43.4 Å². The second-order valence-electron chi connectivity index (χ2n) is 6.25. The van der Waals surface area contributed by atoms with E-state index < -0.39 is 5.91 Å². The molecular formula is C17H21N7O2S. The van der Waals surface area contributed by atoms with Crippen LogP contribution in [0.25, 0.3) is 0 Å². The summed E-state index contributed by atoms with van der Waals surface area (Å²) in [6.07, 6.45) is 4.58. The molecule has 0 radical (unpaired) electrons. The maximum Gasteiger partial charge on any atom is 0.271 e. The number of carbonyl (C=O) groups is 2. The number of piperidine rings is 1. The molecule has 2 amide bonds. The van der Waals surface area contributed by atoms with Gasteiger partial charge in [0.05, 0.1) is 11.9 Å². The Kier molecular flexibility index (Phi) is 5.65. The van der Waals surface area contributed by atoms with Crippen molar-refractivity contribution in [1.29, 1.82) is 0 Å². The number of primary amides is 1. The second-order valence-corrected chi connectivity index (χ2v) is 7.05. The van der Waals surface area contributed by atoms with Crippen LogP contribution in [-0.2, 0) is 4.79 Å². The molecule has 0 aliphatic carbocycles. The molecular weight excluding hydrogens is 366 g/mol. The summed E-state index contributed by atoms with van der Waals surface area (Å²) in [4.78, 5) is 33.8. The molecule has 1 aliphatic heterocycles. The van der Waals surface area contributed by atoms with Crippen LogP contribution >= 0.6 is 11.5 Å². The van der Waals surface area contributed by atoms with E-state index in [1.165, 1.54) is 23.8 Å². The summed E-state index contributed by atoms with van der Waals surface area (Å²) in [5.41, 5.74) is 6.32. The van der Waals surface area contributed by atoms with E-state index in [1.54, 1.807) is 4.90 Å². The van der Waals surface area contributed by atoms with Crippen molar-refractivity contribution in [2.24, 2.45) is 5.73 Å². The molecule has 1 saturated heterocycles. The Hall–Kier alpha value is -3.01. The van der Waals surface area contributed by atoms with Crippen LogP contribution < -0.4 is 16.4 Å². The van der Waals surface area contributed by atoms with Gasteiger partial charge in [0.1, 0.15) is 10.8 Å². The molecule has 142 valence electrons. The minimum Gasteiger partial charge on any atom is -0.364 e. The van der Waals surface area contributed by atoms with E-state index in [0.717, 1.165) is 23.5 Å². The van der Waals surface area contributed by atoms with Gasteiger partial charge in [-0.15, -0.1) is 0 Å². The van der Waals surface area contributed by atoms with Crippen molar-refractivity contribution in [3.8, 4) is 0 Å². The highest BCUT2D eigenvalue weighted by Gasteiger charge is 2.23. The van der Waals surface area contributed by atoms with Crippen LogP contribution in [0.3, 0.4) is 0 Å². The number of hydrogen-bond acceptors (Lipinski definition) is 8. The van der Waals surface area contributed by atoms with Crippen molar-refractivity contribution in [1.82, 2.24) is 19.2 Å². The summed E-state index contributed by atoms with van der Waals surface area (Å²) in [7, 11) is 0. The fraction of sp³-hybridized carbons (Fsp3) is 0.353. The molecule has 9 nitrogen and oxygen atoms in total. The van der Waals surface area contributed by atoms with Gasteiger partial charge < -0.3 is 21.3 Å². The number of likely N-dealkylation sites (tertiary alicyclic amines) is 1. The molecule has 0 aromatic carbocycles. The third-order valence-corrected chi connectivity index (χ3v) is 4.93. The van der Waals surface area contributed by atoms with Crippen LogP contribution in [0.1, 0.15) is 29.0 Å². The molecule has 3 heterocycles.